The lowest BCUT2D eigenvalue weighted by atomic mass is 9.89. The summed E-state index contributed by atoms with van der Waals surface area (Å²) in [5.41, 5.74) is 11.2. The Bertz CT molecular complexity index is 1160. The minimum Gasteiger partial charge on any atom is -0.398 e. The summed E-state index contributed by atoms with van der Waals surface area (Å²) < 4.78 is 15.7. The first-order valence-electron chi connectivity index (χ1n) is 9.97. The number of nitrogens with two attached hydrogens (primary N) is 1. The van der Waals surface area contributed by atoms with Gasteiger partial charge in [-0.3, -0.25) is 4.79 Å². The van der Waals surface area contributed by atoms with Crippen LogP contribution in [0.4, 0.5) is 10.1 Å². The van der Waals surface area contributed by atoms with Gasteiger partial charge in [0, 0.05) is 33.4 Å². The van der Waals surface area contributed by atoms with Crippen molar-refractivity contribution < 1.29 is 9.18 Å². The van der Waals surface area contributed by atoms with Gasteiger partial charge in [0.2, 0.25) is 0 Å². The molecule has 2 aromatic carbocycles. The zero-order valence-corrected chi connectivity index (χ0v) is 17.1. The van der Waals surface area contributed by atoms with Gasteiger partial charge in [-0.1, -0.05) is 19.8 Å². The van der Waals surface area contributed by atoms with E-state index in [1.807, 2.05) is 12.1 Å². The van der Waals surface area contributed by atoms with Gasteiger partial charge < -0.3 is 10.3 Å². The Labute approximate surface area is 170 Å². The Balaban J connectivity index is 2.07. The zero-order chi connectivity index (χ0) is 20.9. The van der Waals surface area contributed by atoms with E-state index in [2.05, 4.69) is 24.3 Å². The fourth-order valence-electron chi connectivity index (χ4n) is 4.36. The number of rotatable bonds is 5. The van der Waals surface area contributed by atoms with Crippen LogP contribution in [-0.2, 0) is 11.2 Å². The quantitative estimate of drug-likeness (QED) is 0.472. The van der Waals surface area contributed by atoms with Crippen LogP contribution in [0.5, 0.6) is 0 Å². The number of benzene rings is 2. The van der Waals surface area contributed by atoms with Gasteiger partial charge in [-0.15, -0.1) is 6.42 Å². The smallest absolute Gasteiger partial charge is 0.136 e. The summed E-state index contributed by atoms with van der Waals surface area (Å²) >= 11 is 0. The largest absolute Gasteiger partial charge is 0.398 e. The van der Waals surface area contributed by atoms with E-state index < -0.39 is 0 Å². The van der Waals surface area contributed by atoms with Crippen LogP contribution in [-0.4, -0.2) is 10.4 Å². The molecule has 3 nitrogen and oxygen atoms in total. The summed E-state index contributed by atoms with van der Waals surface area (Å²) in [7, 11) is 0. The van der Waals surface area contributed by atoms with Gasteiger partial charge in [-0.05, 0) is 74.1 Å². The maximum absolute atomic E-state index is 13.6. The summed E-state index contributed by atoms with van der Waals surface area (Å²) in [6, 6.07) is 10.3. The van der Waals surface area contributed by atoms with E-state index in [0.29, 0.717) is 17.7 Å². The predicted molar refractivity (Wildman–Crippen MR) is 116 cm³/mol. The molecule has 0 atom stereocenters. The molecule has 4 rings (SSSR count). The van der Waals surface area contributed by atoms with Gasteiger partial charge in [0.05, 0.1) is 5.52 Å². The Morgan fingerprint density at radius 3 is 2.45 bits per heavy atom. The number of ketones is 1. The van der Waals surface area contributed by atoms with Crippen molar-refractivity contribution in [2.75, 3.05) is 5.73 Å². The second-order valence-electron chi connectivity index (χ2n) is 8.44. The third-order valence-corrected chi connectivity index (χ3v) is 6.19. The second-order valence-corrected chi connectivity index (χ2v) is 8.44. The fourth-order valence-corrected chi connectivity index (χ4v) is 4.36. The first-order valence-corrected chi connectivity index (χ1v) is 9.97. The number of anilines is 1. The average Bonchev–Trinajstić information content (AvgIpc) is 3.40. The van der Waals surface area contributed by atoms with Crippen LogP contribution in [0.2, 0.25) is 0 Å². The molecule has 1 fully saturated rings. The number of hydrogen-bond acceptors (Lipinski definition) is 2. The predicted octanol–water partition coefficient (Wildman–Crippen LogP) is 5.37. The van der Waals surface area contributed by atoms with Crippen molar-refractivity contribution in [1.29, 1.82) is 0 Å². The Morgan fingerprint density at radius 2 is 1.93 bits per heavy atom. The van der Waals surface area contributed by atoms with E-state index in [1.165, 1.54) is 12.1 Å². The minimum atomic E-state index is -0.279. The Hall–Kier alpha value is -3.06. The molecule has 4 heteroatoms. The first kappa shape index (κ1) is 19.3. The molecule has 1 saturated carbocycles. The summed E-state index contributed by atoms with van der Waals surface area (Å²) in [5, 5.41) is 1.02. The number of carbonyl (C=O) groups is 1. The first-order chi connectivity index (χ1) is 13.8. The number of carbonyl (C=O) groups excluding carboxylic acids is 1. The highest BCUT2D eigenvalue weighted by Gasteiger charge is 2.48. The normalized spacial score (nSPS) is 14.9. The highest BCUT2D eigenvalue weighted by molar-refractivity contribution is 5.93. The molecule has 2 N–H and O–H groups in total. The molecule has 1 aromatic heterocycles. The van der Waals surface area contributed by atoms with E-state index in [-0.39, 0.29) is 22.9 Å². The van der Waals surface area contributed by atoms with Crippen LogP contribution in [0.1, 0.15) is 56.4 Å². The van der Waals surface area contributed by atoms with Crippen LogP contribution in [0, 0.1) is 23.6 Å². The molecule has 148 valence electrons. The third-order valence-electron chi connectivity index (χ3n) is 6.19. The number of Topliss-reactive ketones (excluding diaryl/α,β-unsaturated/α-hetero) is 1. The van der Waals surface area contributed by atoms with Crippen LogP contribution in [0.3, 0.4) is 0 Å². The summed E-state index contributed by atoms with van der Waals surface area (Å²) in [4.78, 5) is 12.3. The van der Waals surface area contributed by atoms with Gasteiger partial charge in [0.25, 0.3) is 0 Å². The average molecular weight is 388 g/mol. The summed E-state index contributed by atoms with van der Waals surface area (Å²) in [5.74, 6) is 2.81. The van der Waals surface area contributed by atoms with E-state index in [0.717, 1.165) is 40.7 Å². The number of nitrogen functional groups attached to an aromatic ring is 1. The van der Waals surface area contributed by atoms with Crippen LogP contribution in [0.15, 0.2) is 36.4 Å². The highest BCUT2D eigenvalue weighted by atomic mass is 19.1. The molecule has 0 unspecified atom stereocenters. The molecule has 1 heterocycles. The molecule has 0 spiro atoms. The lowest BCUT2D eigenvalue weighted by Gasteiger charge is -2.18. The Kier molecular flexibility index (Phi) is 4.50. The molecule has 1 aliphatic carbocycles. The van der Waals surface area contributed by atoms with Crippen molar-refractivity contribution >= 4 is 22.4 Å². The number of terminal acetylenes is 1. The van der Waals surface area contributed by atoms with Crippen molar-refractivity contribution in [1.82, 2.24) is 4.57 Å². The molecule has 0 radical (unpaired) electrons. The number of hydrogen-bond donors (Lipinski definition) is 1. The molecule has 29 heavy (non-hydrogen) atoms. The molecular formula is C25H25FN2O. The van der Waals surface area contributed by atoms with Crippen LogP contribution in [0.25, 0.3) is 16.6 Å². The molecule has 0 amide bonds. The van der Waals surface area contributed by atoms with Gasteiger partial charge in [0.15, 0.2) is 0 Å². The SMILES string of the molecule is C#Cc1cc2c(cc1N)c(CC1(C(C)=O)CC1)c(C(C)C)n2-c1ccc(F)cc1. The van der Waals surface area contributed by atoms with Crippen molar-refractivity contribution in [3.63, 3.8) is 0 Å². The molecule has 0 saturated heterocycles. The van der Waals surface area contributed by atoms with Crippen molar-refractivity contribution in [2.45, 2.75) is 46.0 Å². The topological polar surface area (TPSA) is 48.0 Å². The van der Waals surface area contributed by atoms with Crippen molar-refractivity contribution in [2.24, 2.45) is 5.41 Å². The molecule has 1 aliphatic rings. The summed E-state index contributed by atoms with van der Waals surface area (Å²) in [6.45, 7) is 5.96. The van der Waals surface area contributed by atoms with Crippen LogP contribution >= 0.6 is 0 Å². The van der Waals surface area contributed by atoms with E-state index in [4.69, 9.17) is 12.2 Å². The van der Waals surface area contributed by atoms with Crippen LogP contribution < -0.4 is 5.73 Å². The van der Waals surface area contributed by atoms with Gasteiger partial charge in [-0.25, -0.2) is 4.39 Å². The molecule has 0 aliphatic heterocycles. The third kappa shape index (κ3) is 3.11. The standard InChI is InChI=1S/C25H25FN2O/c1-5-17-12-23-20(13-22(17)27)21(14-25(10-11-25)16(4)29)24(15(2)3)28(23)19-8-6-18(26)7-9-19/h1,6-9,12-13,15H,10-11,14,27H2,2-4H3. The Morgan fingerprint density at radius 1 is 1.28 bits per heavy atom. The van der Waals surface area contributed by atoms with E-state index >= 15 is 0 Å². The number of halogens is 1. The van der Waals surface area contributed by atoms with E-state index in [9.17, 15) is 9.18 Å². The number of nitrogens with zero attached hydrogens (tertiary/aromatic N) is 1. The zero-order valence-electron chi connectivity index (χ0n) is 17.1. The molecule has 3 aromatic rings. The monoisotopic (exact) mass is 388 g/mol. The molecular weight excluding hydrogens is 363 g/mol. The van der Waals surface area contributed by atoms with Crippen molar-refractivity contribution in [3.05, 3.63) is 59.0 Å². The lowest BCUT2D eigenvalue weighted by molar-refractivity contribution is -0.121. The molecule has 0 bridgehead atoms. The van der Waals surface area contributed by atoms with Gasteiger partial charge in [-0.2, -0.15) is 0 Å². The van der Waals surface area contributed by atoms with Gasteiger partial charge >= 0.3 is 0 Å². The lowest BCUT2D eigenvalue weighted by Crippen LogP contribution is -2.16. The van der Waals surface area contributed by atoms with E-state index in [1.54, 1.807) is 19.1 Å². The fraction of sp³-hybridized carbons (Fsp3) is 0.320. The number of aromatic nitrogens is 1. The number of fused-ring (bicyclic) bond motifs is 1. The van der Waals surface area contributed by atoms with Gasteiger partial charge in [0.1, 0.15) is 11.6 Å². The highest BCUT2D eigenvalue weighted by Crippen LogP contribution is 2.51. The summed E-state index contributed by atoms with van der Waals surface area (Å²) in [6.07, 6.45) is 8.20. The minimum absolute atomic E-state index is 0.195. The van der Waals surface area contributed by atoms with Crippen molar-refractivity contribution in [3.8, 4) is 18.0 Å². The second kappa shape index (κ2) is 6.77. The maximum atomic E-state index is 13.6. The maximum Gasteiger partial charge on any atom is 0.136 e.